The summed E-state index contributed by atoms with van der Waals surface area (Å²) in [5, 5.41) is 11.8. The summed E-state index contributed by atoms with van der Waals surface area (Å²) in [4.78, 5) is 3.87. The van der Waals surface area contributed by atoms with Crippen LogP contribution in [-0.2, 0) is 0 Å². The first-order chi connectivity index (χ1) is 6.46. The molecule has 0 bridgehead atoms. The van der Waals surface area contributed by atoms with Crippen molar-refractivity contribution >= 4 is 28.4 Å². The maximum Gasteiger partial charge on any atom is 0.178 e. The molecule has 1 heterocycles. The Balaban J connectivity index is 2.92. The van der Waals surface area contributed by atoms with Crippen molar-refractivity contribution in [3.63, 3.8) is 0 Å². The van der Waals surface area contributed by atoms with Crippen molar-refractivity contribution in [1.82, 2.24) is 4.98 Å². The normalized spacial score (nSPS) is 11.5. The van der Waals surface area contributed by atoms with E-state index >= 15 is 0 Å². The van der Waals surface area contributed by atoms with Gasteiger partial charge in [-0.3, -0.25) is 0 Å². The third-order valence-electron chi connectivity index (χ3n) is 1.69. The zero-order chi connectivity index (χ0) is 10.8. The van der Waals surface area contributed by atoms with Gasteiger partial charge in [0.15, 0.2) is 11.6 Å². The predicted molar refractivity (Wildman–Crippen MR) is 61.7 cm³/mol. The molecule has 1 aromatic heterocycles. The van der Waals surface area contributed by atoms with Crippen LogP contribution in [0.2, 0.25) is 0 Å². The summed E-state index contributed by atoms with van der Waals surface area (Å²) in [6.07, 6.45) is 1.53. The molecule has 1 rings (SSSR count). The molecule has 0 saturated heterocycles. The van der Waals surface area contributed by atoms with Crippen LogP contribution >= 0.6 is 22.6 Å². The van der Waals surface area contributed by atoms with E-state index in [2.05, 4.69) is 10.3 Å². The maximum absolute atomic E-state index is 13.5. The van der Waals surface area contributed by atoms with Gasteiger partial charge in [0.2, 0.25) is 0 Å². The van der Waals surface area contributed by atoms with Crippen LogP contribution in [0.3, 0.4) is 0 Å². The summed E-state index contributed by atoms with van der Waals surface area (Å²) in [6.45, 7) is 3.46. The summed E-state index contributed by atoms with van der Waals surface area (Å²) in [7, 11) is 0. The number of aromatic nitrogens is 1. The van der Waals surface area contributed by atoms with Crippen molar-refractivity contribution < 1.29 is 9.50 Å². The minimum absolute atomic E-state index is 0.0837. The molecule has 0 fully saturated rings. The highest BCUT2D eigenvalue weighted by atomic mass is 127. The van der Waals surface area contributed by atoms with Gasteiger partial charge in [0.25, 0.3) is 0 Å². The molecule has 2 N–H and O–H groups in total. The van der Waals surface area contributed by atoms with E-state index in [-0.39, 0.29) is 18.2 Å². The second-order valence-corrected chi connectivity index (χ2v) is 4.78. The molecule has 0 spiro atoms. The molecule has 78 valence electrons. The van der Waals surface area contributed by atoms with Gasteiger partial charge < -0.3 is 10.4 Å². The van der Waals surface area contributed by atoms with Gasteiger partial charge in [-0.05, 0) is 42.5 Å². The molecule has 0 aliphatic rings. The van der Waals surface area contributed by atoms with Crippen molar-refractivity contribution in [3.05, 3.63) is 21.7 Å². The lowest BCUT2D eigenvalue weighted by atomic mass is 10.1. The van der Waals surface area contributed by atoms with E-state index < -0.39 is 5.54 Å². The number of pyridine rings is 1. The van der Waals surface area contributed by atoms with E-state index in [1.165, 1.54) is 6.20 Å². The number of rotatable bonds is 3. The average Bonchev–Trinajstić information content (AvgIpc) is 2.13. The van der Waals surface area contributed by atoms with Crippen LogP contribution in [0.15, 0.2) is 12.3 Å². The molecule has 0 radical (unpaired) electrons. The minimum Gasteiger partial charge on any atom is -0.394 e. The summed E-state index contributed by atoms with van der Waals surface area (Å²) in [6, 6.07) is 1.59. The standard InChI is InChI=1S/C9H12FIN2O/c1-9(2,5-14)13-8-7(10)6(11)3-4-12-8/h3-4,14H,5H2,1-2H3,(H,12,13). The summed E-state index contributed by atoms with van der Waals surface area (Å²) in [5.41, 5.74) is -0.571. The van der Waals surface area contributed by atoms with Crippen molar-refractivity contribution in [2.24, 2.45) is 0 Å². The smallest absolute Gasteiger partial charge is 0.178 e. The Hall–Kier alpha value is -0.430. The predicted octanol–water partition coefficient (Wildman–Crippen LogP) is 2.01. The monoisotopic (exact) mass is 310 g/mol. The Morgan fingerprint density at radius 3 is 2.86 bits per heavy atom. The van der Waals surface area contributed by atoms with Gasteiger partial charge in [-0.15, -0.1) is 0 Å². The lowest BCUT2D eigenvalue weighted by Gasteiger charge is -2.24. The molecule has 0 atom stereocenters. The molecular weight excluding hydrogens is 298 g/mol. The Kier molecular flexibility index (Phi) is 3.65. The topological polar surface area (TPSA) is 45.1 Å². The van der Waals surface area contributed by atoms with Gasteiger partial charge in [0.1, 0.15) is 0 Å². The highest BCUT2D eigenvalue weighted by molar-refractivity contribution is 14.1. The Morgan fingerprint density at radius 2 is 2.29 bits per heavy atom. The largest absolute Gasteiger partial charge is 0.394 e. The average molecular weight is 310 g/mol. The number of hydrogen-bond acceptors (Lipinski definition) is 3. The number of aliphatic hydroxyl groups is 1. The number of anilines is 1. The van der Waals surface area contributed by atoms with Crippen LogP contribution in [-0.4, -0.2) is 22.2 Å². The molecule has 1 aromatic rings. The van der Waals surface area contributed by atoms with Gasteiger partial charge in [-0.2, -0.15) is 0 Å². The van der Waals surface area contributed by atoms with Crippen molar-refractivity contribution in [2.75, 3.05) is 11.9 Å². The fourth-order valence-electron chi connectivity index (χ4n) is 0.867. The molecule has 0 unspecified atom stereocenters. The van der Waals surface area contributed by atoms with Gasteiger partial charge >= 0.3 is 0 Å². The fraction of sp³-hybridized carbons (Fsp3) is 0.444. The molecular formula is C9H12FIN2O. The highest BCUT2D eigenvalue weighted by Gasteiger charge is 2.19. The van der Waals surface area contributed by atoms with Crippen molar-refractivity contribution in [1.29, 1.82) is 0 Å². The summed E-state index contributed by atoms with van der Waals surface area (Å²) < 4.78 is 14.0. The first kappa shape index (κ1) is 11.6. The molecule has 3 nitrogen and oxygen atoms in total. The molecule has 14 heavy (non-hydrogen) atoms. The van der Waals surface area contributed by atoms with Crippen LogP contribution in [0, 0.1) is 9.39 Å². The van der Waals surface area contributed by atoms with Gasteiger partial charge in [-0.25, -0.2) is 9.37 Å². The fourth-order valence-corrected chi connectivity index (χ4v) is 1.28. The zero-order valence-corrected chi connectivity index (χ0v) is 10.2. The van der Waals surface area contributed by atoms with E-state index in [0.717, 1.165) is 0 Å². The number of aliphatic hydroxyl groups excluding tert-OH is 1. The van der Waals surface area contributed by atoms with Crippen LogP contribution < -0.4 is 5.32 Å². The number of nitrogens with one attached hydrogen (secondary N) is 1. The minimum atomic E-state index is -0.571. The molecule has 0 aromatic carbocycles. The van der Waals surface area contributed by atoms with Crippen LogP contribution in [0.25, 0.3) is 0 Å². The third kappa shape index (κ3) is 2.78. The van der Waals surface area contributed by atoms with Crippen LogP contribution in [0.5, 0.6) is 0 Å². The van der Waals surface area contributed by atoms with Gasteiger partial charge in [0, 0.05) is 6.20 Å². The number of hydrogen-bond donors (Lipinski definition) is 2. The molecule has 5 heteroatoms. The van der Waals surface area contributed by atoms with E-state index in [1.54, 1.807) is 19.9 Å². The SMILES string of the molecule is CC(C)(CO)Nc1nccc(I)c1F. The first-order valence-electron chi connectivity index (χ1n) is 4.15. The molecule has 0 saturated carbocycles. The molecule has 0 aliphatic heterocycles. The van der Waals surface area contributed by atoms with Crippen molar-refractivity contribution in [2.45, 2.75) is 19.4 Å². The Morgan fingerprint density at radius 1 is 1.64 bits per heavy atom. The molecule has 0 aliphatic carbocycles. The van der Waals surface area contributed by atoms with Gasteiger partial charge in [0.05, 0.1) is 15.7 Å². The number of halogens is 2. The Labute approximate surface area is 95.9 Å². The third-order valence-corrected chi connectivity index (χ3v) is 2.53. The summed E-state index contributed by atoms with van der Waals surface area (Å²) in [5.74, 6) is -0.203. The summed E-state index contributed by atoms with van der Waals surface area (Å²) >= 11 is 1.90. The van der Waals surface area contributed by atoms with Crippen LogP contribution in [0.1, 0.15) is 13.8 Å². The Bertz CT molecular complexity index is 331. The zero-order valence-electron chi connectivity index (χ0n) is 8.01. The van der Waals surface area contributed by atoms with Crippen LogP contribution in [0.4, 0.5) is 10.2 Å². The van der Waals surface area contributed by atoms with Gasteiger partial charge in [-0.1, -0.05) is 0 Å². The second-order valence-electron chi connectivity index (χ2n) is 3.62. The first-order valence-corrected chi connectivity index (χ1v) is 5.23. The van der Waals surface area contributed by atoms with E-state index in [4.69, 9.17) is 5.11 Å². The lowest BCUT2D eigenvalue weighted by Crippen LogP contribution is -2.35. The van der Waals surface area contributed by atoms with Crippen molar-refractivity contribution in [3.8, 4) is 0 Å². The second kappa shape index (κ2) is 4.39. The highest BCUT2D eigenvalue weighted by Crippen LogP contribution is 2.19. The van der Waals surface area contributed by atoms with E-state index in [1.807, 2.05) is 22.6 Å². The number of nitrogens with zero attached hydrogens (tertiary/aromatic N) is 1. The maximum atomic E-state index is 13.5. The molecule has 0 amide bonds. The van der Waals surface area contributed by atoms with E-state index in [9.17, 15) is 4.39 Å². The van der Waals surface area contributed by atoms with E-state index in [0.29, 0.717) is 3.57 Å². The quantitative estimate of drug-likeness (QED) is 0.840. The lowest BCUT2D eigenvalue weighted by molar-refractivity contribution is 0.233.